The number of ether oxygens (including phenoxy) is 3. The van der Waals surface area contributed by atoms with Crippen LogP contribution in [0.1, 0.15) is 38.5 Å². The molecule has 0 aromatic carbocycles. The van der Waals surface area contributed by atoms with Crippen molar-refractivity contribution in [1.82, 2.24) is 0 Å². The zero-order chi connectivity index (χ0) is 11.2. The van der Waals surface area contributed by atoms with Gasteiger partial charge in [-0.2, -0.15) is 0 Å². The summed E-state index contributed by atoms with van der Waals surface area (Å²) in [5.41, 5.74) is 0. The quantitative estimate of drug-likeness (QED) is 0.704. The van der Waals surface area contributed by atoms with E-state index in [1.807, 2.05) is 0 Å². The molecule has 3 heteroatoms. The Bertz CT molecular complexity index is 257. The van der Waals surface area contributed by atoms with Crippen LogP contribution in [0.3, 0.4) is 0 Å². The Kier molecular flexibility index (Phi) is 2.67. The van der Waals surface area contributed by atoms with Crippen molar-refractivity contribution >= 4 is 0 Å². The van der Waals surface area contributed by atoms with E-state index < -0.39 is 0 Å². The molecule has 0 aromatic rings. The Labute approximate surface area is 103 Å². The summed E-state index contributed by atoms with van der Waals surface area (Å²) in [6.07, 6.45) is 9.79. The fraction of sp³-hybridized carbons (Fsp3) is 1.00. The summed E-state index contributed by atoms with van der Waals surface area (Å²) in [6.45, 7) is 1.95. The third-order valence-electron chi connectivity index (χ3n) is 5.03. The SMILES string of the molecule is C1CC(OC2CCCC2C2CO2)C(C2CO2)C1. The third-order valence-corrected chi connectivity index (χ3v) is 5.03. The lowest BCUT2D eigenvalue weighted by Crippen LogP contribution is -2.31. The minimum Gasteiger partial charge on any atom is -0.374 e. The van der Waals surface area contributed by atoms with E-state index in [-0.39, 0.29) is 0 Å². The molecular formula is C14H22O3. The lowest BCUT2D eigenvalue weighted by Gasteiger charge is -2.26. The highest BCUT2D eigenvalue weighted by Crippen LogP contribution is 2.42. The lowest BCUT2D eigenvalue weighted by molar-refractivity contribution is -0.0562. The van der Waals surface area contributed by atoms with E-state index in [0.717, 1.165) is 13.2 Å². The zero-order valence-electron chi connectivity index (χ0n) is 10.3. The van der Waals surface area contributed by atoms with Gasteiger partial charge >= 0.3 is 0 Å². The van der Waals surface area contributed by atoms with Crippen molar-refractivity contribution < 1.29 is 14.2 Å². The van der Waals surface area contributed by atoms with Crippen LogP contribution in [0.2, 0.25) is 0 Å². The summed E-state index contributed by atoms with van der Waals surface area (Å²) in [6, 6.07) is 0. The maximum Gasteiger partial charge on any atom is 0.0862 e. The van der Waals surface area contributed by atoms with E-state index in [1.54, 1.807) is 0 Å². The largest absolute Gasteiger partial charge is 0.374 e. The molecular weight excluding hydrogens is 216 g/mol. The summed E-state index contributed by atoms with van der Waals surface area (Å²) in [4.78, 5) is 0. The number of hydrogen-bond acceptors (Lipinski definition) is 3. The van der Waals surface area contributed by atoms with Crippen LogP contribution in [0.15, 0.2) is 0 Å². The van der Waals surface area contributed by atoms with Gasteiger partial charge < -0.3 is 14.2 Å². The standard InChI is InChI=1S/C14H22O3/c1-3-9(13-7-15-13)11(5-1)17-12-6-2-4-10(12)14-8-16-14/h9-14H,1-8H2. The van der Waals surface area contributed by atoms with Gasteiger partial charge in [0.05, 0.1) is 37.6 Å². The number of rotatable bonds is 4. The van der Waals surface area contributed by atoms with Crippen molar-refractivity contribution in [3.05, 3.63) is 0 Å². The number of epoxide rings is 2. The Balaban J connectivity index is 1.38. The Morgan fingerprint density at radius 2 is 1.18 bits per heavy atom. The van der Waals surface area contributed by atoms with Gasteiger partial charge in [-0.1, -0.05) is 12.8 Å². The summed E-state index contributed by atoms with van der Waals surface area (Å²) in [5.74, 6) is 1.38. The molecule has 0 bridgehead atoms. The summed E-state index contributed by atoms with van der Waals surface area (Å²) in [7, 11) is 0. The third kappa shape index (κ3) is 2.13. The first kappa shape index (κ1) is 10.8. The van der Waals surface area contributed by atoms with Gasteiger partial charge in [-0.05, 0) is 25.7 Å². The molecule has 0 aromatic heterocycles. The van der Waals surface area contributed by atoms with E-state index in [1.165, 1.54) is 38.5 Å². The monoisotopic (exact) mass is 238 g/mol. The molecule has 0 radical (unpaired) electrons. The Morgan fingerprint density at radius 3 is 1.59 bits per heavy atom. The molecule has 4 rings (SSSR count). The van der Waals surface area contributed by atoms with E-state index in [0.29, 0.717) is 36.3 Å². The van der Waals surface area contributed by atoms with Crippen molar-refractivity contribution in [2.75, 3.05) is 13.2 Å². The van der Waals surface area contributed by atoms with E-state index in [4.69, 9.17) is 14.2 Å². The second-order valence-electron chi connectivity index (χ2n) is 6.15. The summed E-state index contributed by atoms with van der Waals surface area (Å²) >= 11 is 0. The van der Waals surface area contributed by atoms with Crippen LogP contribution in [0.5, 0.6) is 0 Å². The summed E-state index contributed by atoms with van der Waals surface area (Å²) < 4.78 is 17.4. The first-order valence-corrected chi connectivity index (χ1v) is 7.30. The fourth-order valence-corrected chi connectivity index (χ4v) is 3.93. The first-order valence-electron chi connectivity index (χ1n) is 7.30. The molecule has 2 heterocycles. The Hall–Kier alpha value is -0.120. The van der Waals surface area contributed by atoms with Gasteiger partial charge in [0.1, 0.15) is 0 Å². The van der Waals surface area contributed by atoms with Crippen molar-refractivity contribution in [2.24, 2.45) is 11.8 Å². The molecule has 2 saturated heterocycles. The molecule has 2 aliphatic heterocycles. The molecule has 4 fully saturated rings. The van der Waals surface area contributed by atoms with Gasteiger partial charge in [-0.25, -0.2) is 0 Å². The van der Waals surface area contributed by atoms with Crippen LogP contribution in [-0.2, 0) is 14.2 Å². The Morgan fingerprint density at radius 1 is 0.706 bits per heavy atom. The van der Waals surface area contributed by atoms with Gasteiger partial charge in [0.2, 0.25) is 0 Å². The lowest BCUT2D eigenvalue weighted by atomic mass is 9.99. The average Bonchev–Trinajstić information content (AvgIpc) is 3.27. The van der Waals surface area contributed by atoms with Crippen LogP contribution < -0.4 is 0 Å². The smallest absolute Gasteiger partial charge is 0.0862 e. The normalized spacial score (nSPS) is 52.9. The molecule has 2 saturated carbocycles. The molecule has 3 nitrogen and oxygen atoms in total. The van der Waals surface area contributed by atoms with Gasteiger partial charge in [0.15, 0.2) is 0 Å². The second kappa shape index (κ2) is 4.22. The van der Waals surface area contributed by atoms with Crippen LogP contribution in [0.25, 0.3) is 0 Å². The van der Waals surface area contributed by atoms with Crippen LogP contribution in [0, 0.1) is 11.8 Å². The second-order valence-corrected chi connectivity index (χ2v) is 6.15. The summed E-state index contributed by atoms with van der Waals surface area (Å²) in [5, 5.41) is 0. The van der Waals surface area contributed by atoms with Crippen molar-refractivity contribution in [2.45, 2.75) is 62.9 Å². The van der Waals surface area contributed by atoms with Crippen LogP contribution in [-0.4, -0.2) is 37.6 Å². The first-order chi connectivity index (χ1) is 8.42. The predicted molar refractivity (Wildman–Crippen MR) is 62.8 cm³/mol. The highest BCUT2D eigenvalue weighted by atomic mass is 16.6. The molecule has 17 heavy (non-hydrogen) atoms. The van der Waals surface area contributed by atoms with Crippen molar-refractivity contribution in [3.8, 4) is 0 Å². The van der Waals surface area contributed by atoms with E-state index in [2.05, 4.69) is 0 Å². The predicted octanol–water partition coefficient (Wildman–Crippen LogP) is 2.14. The van der Waals surface area contributed by atoms with Crippen molar-refractivity contribution in [1.29, 1.82) is 0 Å². The molecule has 0 N–H and O–H groups in total. The highest BCUT2D eigenvalue weighted by Gasteiger charge is 2.46. The highest BCUT2D eigenvalue weighted by molar-refractivity contribution is 4.94. The molecule has 2 aliphatic carbocycles. The minimum absolute atomic E-state index is 0.479. The van der Waals surface area contributed by atoms with E-state index in [9.17, 15) is 0 Å². The van der Waals surface area contributed by atoms with Gasteiger partial charge in [-0.3, -0.25) is 0 Å². The molecule has 4 aliphatic rings. The topological polar surface area (TPSA) is 34.3 Å². The van der Waals surface area contributed by atoms with Crippen molar-refractivity contribution in [3.63, 3.8) is 0 Å². The minimum atomic E-state index is 0.479. The molecule has 0 spiro atoms. The molecule has 96 valence electrons. The van der Waals surface area contributed by atoms with E-state index >= 15 is 0 Å². The van der Waals surface area contributed by atoms with Crippen LogP contribution >= 0.6 is 0 Å². The maximum atomic E-state index is 6.44. The number of hydrogen-bond donors (Lipinski definition) is 0. The maximum absolute atomic E-state index is 6.44. The van der Waals surface area contributed by atoms with Gasteiger partial charge in [-0.15, -0.1) is 0 Å². The van der Waals surface area contributed by atoms with Gasteiger partial charge in [0.25, 0.3) is 0 Å². The molecule has 6 atom stereocenters. The average molecular weight is 238 g/mol. The molecule has 6 unspecified atom stereocenters. The fourth-order valence-electron chi connectivity index (χ4n) is 3.93. The van der Waals surface area contributed by atoms with Gasteiger partial charge in [0, 0.05) is 11.8 Å². The van der Waals surface area contributed by atoms with Crippen LogP contribution in [0.4, 0.5) is 0 Å². The molecule has 0 amide bonds. The zero-order valence-corrected chi connectivity index (χ0v) is 10.3.